The number of amides is 1. The Labute approximate surface area is 218 Å². The first-order chi connectivity index (χ1) is 17.9. The van der Waals surface area contributed by atoms with E-state index in [1.54, 1.807) is 0 Å². The lowest BCUT2D eigenvalue weighted by Crippen LogP contribution is -2.49. The number of carbonyl (C=O) groups is 1. The fraction of sp³-hybridized carbons (Fsp3) is 0.360. The normalized spacial score (nSPS) is 16.3. The number of piperazine rings is 1. The molecule has 3 aromatic heterocycles. The quantitative estimate of drug-likeness (QED) is 0.275. The Hall–Kier alpha value is -3.83. The van der Waals surface area contributed by atoms with Gasteiger partial charge in [0.2, 0.25) is 5.91 Å². The van der Waals surface area contributed by atoms with Crippen molar-refractivity contribution in [2.45, 2.75) is 25.7 Å². The van der Waals surface area contributed by atoms with E-state index in [1.807, 2.05) is 42.2 Å². The monoisotopic (exact) mass is 521 g/mol. The average molecular weight is 522 g/mol. The molecular formula is C25H28ClN9O2. The van der Waals surface area contributed by atoms with Gasteiger partial charge < -0.3 is 25.7 Å². The van der Waals surface area contributed by atoms with Gasteiger partial charge in [0.25, 0.3) is 0 Å². The number of nitrogens with one attached hydrogen (secondary N) is 3. The second kappa shape index (κ2) is 9.56. The molecule has 4 aromatic rings. The lowest BCUT2D eigenvalue weighted by molar-refractivity contribution is -0.119. The smallest absolute Gasteiger partial charge is 0.325 e. The number of aromatic amines is 2. The highest BCUT2D eigenvalue weighted by Crippen LogP contribution is 2.40. The van der Waals surface area contributed by atoms with Crippen molar-refractivity contribution in [3.8, 4) is 11.8 Å². The van der Waals surface area contributed by atoms with Crippen molar-refractivity contribution >= 4 is 45.9 Å². The van der Waals surface area contributed by atoms with Gasteiger partial charge >= 0.3 is 6.01 Å². The first-order valence-corrected chi connectivity index (χ1v) is 12.7. The van der Waals surface area contributed by atoms with Crippen molar-refractivity contribution in [3.05, 3.63) is 46.7 Å². The van der Waals surface area contributed by atoms with Gasteiger partial charge in [0.05, 0.1) is 11.6 Å². The number of nitrogens with two attached hydrogens (primary N) is 1. The van der Waals surface area contributed by atoms with E-state index >= 15 is 0 Å². The number of primary amides is 1. The summed E-state index contributed by atoms with van der Waals surface area (Å²) in [6, 6.07) is 9.78. The van der Waals surface area contributed by atoms with Crippen molar-refractivity contribution in [1.29, 1.82) is 0 Å². The van der Waals surface area contributed by atoms with Gasteiger partial charge in [0.15, 0.2) is 5.82 Å². The molecule has 1 aliphatic carbocycles. The van der Waals surface area contributed by atoms with E-state index in [2.05, 4.69) is 30.4 Å². The first kappa shape index (κ1) is 23.6. The summed E-state index contributed by atoms with van der Waals surface area (Å²) in [7, 11) is 0. The molecule has 0 unspecified atom stereocenters. The molecule has 1 aromatic carbocycles. The summed E-state index contributed by atoms with van der Waals surface area (Å²) in [5, 5.41) is 12.2. The van der Waals surface area contributed by atoms with Crippen molar-refractivity contribution in [2.75, 3.05) is 42.9 Å². The van der Waals surface area contributed by atoms with Gasteiger partial charge in [-0.1, -0.05) is 11.6 Å². The van der Waals surface area contributed by atoms with Gasteiger partial charge in [-0.15, -0.1) is 0 Å². The number of carbonyl (C=O) groups excluding carboxylic acids is 1. The lowest BCUT2D eigenvalue weighted by atomic mass is 10.2. The predicted molar refractivity (Wildman–Crippen MR) is 142 cm³/mol. The zero-order chi connectivity index (χ0) is 25.5. The van der Waals surface area contributed by atoms with Crippen LogP contribution >= 0.6 is 11.6 Å². The third-order valence-corrected chi connectivity index (χ3v) is 7.07. The molecule has 1 saturated carbocycles. The Kier molecular flexibility index (Phi) is 6.09. The third-order valence-electron chi connectivity index (χ3n) is 6.68. The Morgan fingerprint density at radius 3 is 2.73 bits per heavy atom. The van der Waals surface area contributed by atoms with Gasteiger partial charge in [-0.3, -0.25) is 14.8 Å². The summed E-state index contributed by atoms with van der Waals surface area (Å²) in [6.07, 6.45) is 2.37. The van der Waals surface area contributed by atoms with Crippen molar-refractivity contribution in [3.63, 3.8) is 0 Å². The Bertz CT molecular complexity index is 1450. The molecule has 1 amide bonds. The number of hydrogen-bond donors (Lipinski definition) is 4. The van der Waals surface area contributed by atoms with E-state index in [4.69, 9.17) is 27.1 Å². The Morgan fingerprint density at radius 1 is 1.16 bits per heavy atom. The van der Waals surface area contributed by atoms with E-state index in [9.17, 15) is 4.79 Å². The van der Waals surface area contributed by atoms with E-state index in [0.29, 0.717) is 60.3 Å². The molecule has 37 heavy (non-hydrogen) atoms. The largest absolute Gasteiger partial charge is 0.423 e. The number of fused-ring (bicyclic) bond motifs is 1. The summed E-state index contributed by atoms with van der Waals surface area (Å²) in [5.41, 5.74) is 8.44. The summed E-state index contributed by atoms with van der Waals surface area (Å²) in [5.74, 6) is 2.66. The number of ether oxygens (including phenoxy) is 1. The zero-order valence-electron chi connectivity index (χ0n) is 20.4. The number of aryl methyl sites for hydroxylation is 1. The van der Waals surface area contributed by atoms with Crippen LogP contribution in [0.5, 0.6) is 11.8 Å². The van der Waals surface area contributed by atoms with Crippen LogP contribution in [0, 0.1) is 6.92 Å². The lowest BCUT2D eigenvalue weighted by Gasteiger charge is -2.34. The number of anilines is 3. The van der Waals surface area contributed by atoms with Gasteiger partial charge in [-0.2, -0.15) is 15.1 Å². The fourth-order valence-corrected chi connectivity index (χ4v) is 4.90. The summed E-state index contributed by atoms with van der Waals surface area (Å²) < 4.78 is 6.13. The molecule has 11 nitrogen and oxygen atoms in total. The predicted octanol–water partition coefficient (Wildman–Crippen LogP) is 3.66. The summed E-state index contributed by atoms with van der Waals surface area (Å²) in [4.78, 5) is 28.1. The third kappa shape index (κ3) is 5.18. The van der Waals surface area contributed by atoms with E-state index < -0.39 is 0 Å². The molecule has 192 valence electrons. The van der Waals surface area contributed by atoms with Gasteiger partial charge in [-0.25, -0.2) is 0 Å². The van der Waals surface area contributed by atoms with Crippen LogP contribution in [-0.4, -0.2) is 68.7 Å². The van der Waals surface area contributed by atoms with Gasteiger partial charge in [-0.05, 0) is 38.0 Å². The average Bonchev–Trinajstić information content (AvgIpc) is 3.49. The van der Waals surface area contributed by atoms with Crippen LogP contribution in [0.3, 0.4) is 0 Å². The van der Waals surface area contributed by atoms with E-state index in [0.717, 1.165) is 22.3 Å². The molecule has 5 N–H and O–H groups in total. The maximum Gasteiger partial charge on any atom is 0.325 e. The molecule has 0 radical (unpaired) electrons. The highest BCUT2D eigenvalue weighted by molar-refractivity contribution is 6.37. The number of aromatic nitrogens is 5. The first-order valence-electron chi connectivity index (χ1n) is 12.3. The number of hydrogen-bond acceptors (Lipinski definition) is 8. The minimum atomic E-state index is -0.325. The Morgan fingerprint density at radius 2 is 1.97 bits per heavy atom. The molecule has 2 aliphatic rings. The Balaban J connectivity index is 1.28. The van der Waals surface area contributed by atoms with Crippen LogP contribution in [0.4, 0.5) is 17.5 Å². The molecule has 0 atom stereocenters. The molecule has 1 aliphatic heterocycles. The van der Waals surface area contributed by atoms with Gasteiger partial charge in [0, 0.05) is 66.5 Å². The maximum atomic E-state index is 11.3. The van der Waals surface area contributed by atoms with E-state index in [1.165, 1.54) is 12.8 Å². The molecule has 12 heteroatoms. The topological polar surface area (TPSA) is 141 Å². The van der Waals surface area contributed by atoms with Crippen LogP contribution < -0.4 is 20.7 Å². The maximum absolute atomic E-state index is 11.3. The molecule has 1 saturated heterocycles. The number of rotatable bonds is 8. The minimum Gasteiger partial charge on any atom is -0.423 e. The van der Waals surface area contributed by atoms with Crippen molar-refractivity contribution in [1.82, 2.24) is 30.0 Å². The van der Waals surface area contributed by atoms with Gasteiger partial charge in [0.1, 0.15) is 17.4 Å². The van der Waals surface area contributed by atoms with Crippen LogP contribution in [0.25, 0.3) is 10.9 Å². The number of benzene rings is 1. The molecular weight excluding hydrogens is 494 g/mol. The van der Waals surface area contributed by atoms with Crippen molar-refractivity contribution < 1.29 is 9.53 Å². The SMILES string of the molecule is Cc1cc2c(Cl)c(Oc3nc(Nc4cc(C5CC5)[nH]n4)cc(N4CCN(CC(N)=O)CC4)n3)ccc2[nH]1. The van der Waals surface area contributed by atoms with Crippen LogP contribution in [-0.2, 0) is 4.79 Å². The standard InChI is InChI=1S/C25H28ClN9O2/c1-14-10-16-17(28-14)4-5-19(24(16)26)37-25-30-21(29-22-11-18(32-33-22)15-2-3-15)12-23(31-25)35-8-6-34(7-9-35)13-20(27)36/h4-5,10-12,15,28H,2-3,6-9,13H2,1H3,(H2,27,36)(H2,29,30,31,32,33). The highest BCUT2D eigenvalue weighted by Gasteiger charge is 2.26. The second-order valence-corrected chi connectivity index (χ2v) is 10.0. The van der Waals surface area contributed by atoms with E-state index in [-0.39, 0.29) is 18.5 Å². The highest BCUT2D eigenvalue weighted by atomic mass is 35.5. The zero-order valence-corrected chi connectivity index (χ0v) is 21.2. The number of halogens is 1. The minimum absolute atomic E-state index is 0.172. The number of nitrogens with zero attached hydrogens (tertiary/aromatic N) is 5. The number of H-pyrrole nitrogens is 2. The molecule has 4 heterocycles. The molecule has 6 rings (SSSR count). The summed E-state index contributed by atoms with van der Waals surface area (Å²) >= 11 is 6.67. The fourth-order valence-electron chi connectivity index (χ4n) is 4.64. The molecule has 2 fully saturated rings. The van der Waals surface area contributed by atoms with Crippen molar-refractivity contribution in [2.24, 2.45) is 5.73 Å². The van der Waals surface area contributed by atoms with Crippen LogP contribution in [0.2, 0.25) is 5.02 Å². The second-order valence-electron chi connectivity index (χ2n) is 9.62. The van der Waals surface area contributed by atoms with Crippen LogP contribution in [0.15, 0.2) is 30.3 Å². The summed E-state index contributed by atoms with van der Waals surface area (Å²) in [6.45, 7) is 5.01. The van der Waals surface area contributed by atoms with Crippen LogP contribution in [0.1, 0.15) is 30.1 Å². The molecule has 0 bridgehead atoms. The molecule has 0 spiro atoms.